The number of hydrogen-bond acceptors (Lipinski definition) is 3. The molecule has 2 rings (SSSR count). The van der Waals surface area contributed by atoms with E-state index in [1.807, 2.05) is 39.8 Å². The number of hydrogen-bond donors (Lipinski definition) is 1. The molecular formula is C13H25Cl2MnN6-. The Morgan fingerprint density at radius 3 is 1.50 bits per heavy atom. The molecule has 0 aliphatic carbocycles. The van der Waals surface area contributed by atoms with Crippen molar-refractivity contribution in [2.24, 2.45) is 0 Å². The van der Waals surface area contributed by atoms with Crippen molar-refractivity contribution < 1.29 is 13.1 Å². The van der Waals surface area contributed by atoms with Gasteiger partial charge in [-0.15, -0.1) is 0 Å². The zero-order valence-electron chi connectivity index (χ0n) is 11.7. The van der Waals surface area contributed by atoms with Crippen molar-refractivity contribution in [1.29, 1.82) is 0 Å². The van der Waals surface area contributed by atoms with Crippen molar-refractivity contribution in [3.05, 3.63) is 40.8 Å². The standard InChI is InChI=1S/C11H17N6.2CH4.2ClH.Mn/c1-7-5-9(3)16(14-7)11(13-12)17-10(4)6-8(2)15-17;;;;;/h5-6,11-13H,1-4H3;2*1H4;2*1H;/q-1;;;;;+2/p-2. The van der Waals surface area contributed by atoms with Crippen molar-refractivity contribution in [1.82, 2.24) is 25.0 Å². The summed E-state index contributed by atoms with van der Waals surface area (Å²) in [5.74, 6) is 7.48. The summed E-state index contributed by atoms with van der Waals surface area (Å²) in [4.78, 5) is 0. The van der Waals surface area contributed by atoms with Crippen molar-refractivity contribution in [2.45, 2.75) is 48.8 Å². The van der Waals surface area contributed by atoms with E-state index in [9.17, 15) is 0 Å². The fraction of sp³-hybridized carbons (Fsp3) is 0.538. The topological polar surface area (TPSA) is 71.5 Å². The molecule has 0 aliphatic heterocycles. The van der Waals surface area contributed by atoms with Crippen LogP contribution in [0.5, 0.6) is 0 Å². The van der Waals surface area contributed by atoms with Crippen LogP contribution in [0.1, 0.15) is 43.9 Å². The van der Waals surface area contributed by atoms with Gasteiger partial charge >= 0.3 is 33.3 Å². The zero-order valence-corrected chi connectivity index (χ0v) is 14.3. The second-order valence-corrected chi connectivity index (χ2v) is 6.26. The molecule has 2 N–H and O–H groups in total. The first kappa shape index (κ1) is 23.7. The summed E-state index contributed by atoms with van der Waals surface area (Å²) in [7, 11) is 9.59. The van der Waals surface area contributed by atoms with Crippen molar-refractivity contribution in [3.8, 4) is 0 Å². The Hall–Kier alpha value is -0.561. The summed E-state index contributed by atoms with van der Waals surface area (Å²) in [6, 6.07) is 3.96. The second-order valence-electron chi connectivity index (χ2n) is 4.32. The normalized spacial score (nSPS) is 9.64. The van der Waals surface area contributed by atoms with Crippen LogP contribution in [0.15, 0.2) is 12.1 Å². The Labute approximate surface area is 147 Å². The molecule has 0 unspecified atom stereocenters. The molecule has 0 radical (unpaired) electrons. The van der Waals surface area contributed by atoms with Crippen LogP contribution >= 0.6 is 20.2 Å². The van der Waals surface area contributed by atoms with Crippen LogP contribution in [-0.4, -0.2) is 19.6 Å². The summed E-state index contributed by atoms with van der Waals surface area (Å²) < 4.78 is 3.53. The van der Waals surface area contributed by atoms with Gasteiger partial charge in [0.1, 0.15) is 0 Å². The molecule has 2 aromatic heterocycles. The van der Waals surface area contributed by atoms with Crippen LogP contribution in [0.2, 0.25) is 0 Å². The Bertz CT molecular complexity index is 508. The van der Waals surface area contributed by atoms with E-state index in [-0.39, 0.29) is 28.0 Å². The molecule has 0 spiro atoms. The second kappa shape index (κ2) is 11.0. The summed E-state index contributed by atoms with van der Waals surface area (Å²) in [6.07, 6.45) is -0.405. The maximum absolute atomic E-state index is 7.48. The third-order valence-electron chi connectivity index (χ3n) is 2.68. The first-order valence-electron chi connectivity index (χ1n) is 5.79. The number of halogens is 2. The third-order valence-corrected chi connectivity index (χ3v) is 2.68. The first-order chi connectivity index (χ1) is 9.44. The van der Waals surface area contributed by atoms with E-state index in [1.165, 1.54) is 0 Å². The van der Waals surface area contributed by atoms with E-state index in [1.54, 1.807) is 9.36 Å². The van der Waals surface area contributed by atoms with E-state index in [4.69, 9.17) is 26.0 Å². The van der Waals surface area contributed by atoms with Gasteiger partial charge in [-0.2, -0.15) is 10.2 Å². The molecule has 0 aromatic carbocycles. The van der Waals surface area contributed by atoms with Crippen molar-refractivity contribution in [3.63, 3.8) is 0 Å². The van der Waals surface area contributed by atoms with Gasteiger partial charge in [-0.25, -0.2) is 9.36 Å². The van der Waals surface area contributed by atoms with E-state index in [0.29, 0.717) is 0 Å². The van der Waals surface area contributed by atoms with Gasteiger partial charge < -0.3 is 11.3 Å². The van der Waals surface area contributed by atoms with E-state index < -0.39 is 6.29 Å². The Morgan fingerprint density at radius 1 is 1.00 bits per heavy atom. The summed E-state index contributed by atoms with van der Waals surface area (Å²) >= 11 is 0.00694. The molecule has 2 heterocycles. The zero-order chi connectivity index (χ0) is 15.3. The average Bonchev–Trinajstić information content (AvgIpc) is 2.85. The van der Waals surface area contributed by atoms with Crippen LogP contribution < -0.4 is 5.43 Å². The van der Waals surface area contributed by atoms with Gasteiger partial charge in [0.05, 0.1) is 11.4 Å². The number of aryl methyl sites for hydroxylation is 4. The Morgan fingerprint density at radius 2 is 1.32 bits per heavy atom. The minimum absolute atomic E-state index is 0. The molecule has 0 saturated carbocycles. The van der Waals surface area contributed by atoms with Crippen LogP contribution in [0.25, 0.3) is 5.84 Å². The average molecular weight is 391 g/mol. The molecule has 129 valence electrons. The van der Waals surface area contributed by atoms with E-state index in [0.717, 1.165) is 22.8 Å². The minimum atomic E-state index is -0.405. The molecule has 0 atom stereocenters. The number of rotatable bonds is 3. The van der Waals surface area contributed by atoms with Gasteiger partial charge in [-0.3, -0.25) is 0 Å². The fourth-order valence-electron chi connectivity index (χ4n) is 2.01. The first-order valence-corrected chi connectivity index (χ1v) is 9.04. The van der Waals surface area contributed by atoms with Crippen molar-refractivity contribution in [2.75, 3.05) is 0 Å². The quantitative estimate of drug-likeness (QED) is 0.618. The maximum atomic E-state index is 7.48. The summed E-state index contributed by atoms with van der Waals surface area (Å²) in [6.45, 7) is 7.81. The van der Waals surface area contributed by atoms with Gasteiger partial charge in [0, 0.05) is 11.4 Å². The predicted molar refractivity (Wildman–Crippen MR) is 90.5 cm³/mol. The SMILES string of the molecule is C.C.Cc1cc(C)n(C(N[NH-])n2nc(C)cc2C)n1.[Cl][Mn][Cl]. The third kappa shape index (κ3) is 5.91. The number of aromatic nitrogens is 4. The monoisotopic (exact) mass is 390 g/mol. The van der Waals surface area contributed by atoms with Crippen LogP contribution in [0.4, 0.5) is 0 Å². The van der Waals surface area contributed by atoms with Gasteiger partial charge in [0.25, 0.3) is 0 Å². The Kier molecular flexibility index (Phi) is 11.9. The predicted octanol–water partition coefficient (Wildman–Crippen LogP) is 4.52. The van der Waals surface area contributed by atoms with Crippen LogP contribution in [0, 0.1) is 27.7 Å². The molecule has 9 heteroatoms. The number of nitrogens with one attached hydrogen (secondary N) is 2. The van der Waals surface area contributed by atoms with Gasteiger partial charge in [-0.1, -0.05) is 14.9 Å². The molecular weight excluding hydrogens is 366 g/mol. The fourth-order valence-corrected chi connectivity index (χ4v) is 2.01. The van der Waals surface area contributed by atoms with Crippen LogP contribution in [-0.2, 0) is 13.1 Å². The van der Waals surface area contributed by atoms with Gasteiger partial charge in [0.2, 0.25) is 0 Å². The van der Waals surface area contributed by atoms with E-state index >= 15 is 0 Å². The molecule has 22 heavy (non-hydrogen) atoms. The van der Waals surface area contributed by atoms with Gasteiger partial charge in [0.15, 0.2) is 6.29 Å². The summed E-state index contributed by atoms with van der Waals surface area (Å²) in [5, 5.41) is 8.76. The Balaban J connectivity index is 0. The molecule has 0 amide bonds. The summed E-state index contributed by atoms with van der Waals surface area (Å²) in [5.41, 5.74) is 6.36. The number of nitrogens with zero attached hydrogens (tertiary/aromatic N) is 4. The molecule has 2 aromatic rings. The molecule has 0 aliphatic rings. The molecule has 6 nitrogen and oxygen atoms in total. The molecule has 0 saturated heterocycles. The van der Waals surface area contributed by atoms with Crippen LogP contribution in [0.3, 0.4) is 0 Å². The molecule has 0 fully saturated rings. The van der Waals surface area contributed by atoms with E-state index in [2.05, 4.69) is 15.6 Å². The molecule has 0 bridgehead atoms. The van der Waals surface area contributed by atoms with Gasteiger partial charge in [-0.05, 0) is 39.8 Å². The van der Waals surface area contributed by atoms with Crippen molar-refractivity contribution >= 4 is 20.2 Å².